The quantitative estimate of drug-likeness (QED) is 0.268. The number of carbonyl (C=O) groups is 1. The van der Waals surface area contributed by atoms with Crippen LogP contribution < -0.4 is 22.5 Å². The molecule has 3 aromatic carbocycles. The van der Waals surface area contributed by atoms with E-state index in [-0.39, 0.29) is 0 Å². The molecule has 26 heavy (non-hydrogen) atoms. The van der Waals surface area contributed by atoms with Crippen LogP contribution in [0, 0.1) is 6.92 Å². The van der Waals surface area contributed by atoms with E-state index in [0.717, 1.165) is 21.8 Å². The summed E-state index contributed by atoms with van der Waals surface area (Å²) in [6, 6.07) is 22.3. The Morgan fingerprint density at radius 1 is 0.846 bits per heavy atom. The molecule has 7 N–H and O–H groups in total. The van der Waals surface area contributed by atoms with E-state index in [0.29, 0.717) is 17.8 Å². The fourth-order valence-electron chi connectivity index (χ4n) is 1.77. The van der Waals surface area contributed by atoms with Gasteiger partial charge in [-0.05, 0) is 61.0 Å². The van der Waals surface area contributed by atoms with Crippen molar-refractivity contribution in [1.82, 2.24) is 0 Å². The van der Waals surface area contributed by atoms with Crippen LogP contribution >= 0.6 is 12.6 Å². The van der Waals surface area contributed by atoms with Crippen LogP contribution in [-0.2, 0) is 4.79 Å². The first-order chi connectivity index (χ1) is 12.4. The van der Waals surface area contributed by atoms with E-state index >= 15 is 0 Å². The number of aryl methyl sites for hydroxylation is 1. The lowest BCUT2D eigenvalue weighted by Gasteiger charge is -1.98. The number of benzene rings is 3. The van der Waals surface area contributed by atoms with Gasteiger partial charge in [0.05, 0.1) is 11.4 Å². The van der Waals surface area contributed by atoms with Crippen LogP contribution in [0.3, 0.4) is 0 Å². The maximum absolute atomic E-state index is 9.93. The number of nitrogens with two attached hydrogens (primary N) is 3. The molecule has 0 fully saturated rings. The standard InChI is InChI=1S/C7H10N2.C7H7NOS.C6H7N/c1-5-2-3-6(8)7(9)4-5;9-5-8-6-1-3-7(10)4-2-6;7-6-4-2-1-3-5-6/h2-4H,8-9H2,1H3;1-5,10H,(H,8,9);1-5H,7H2. The zero-order valence-corrected chi connectivity index (χ0v) is 15.5. The highest BCUT2D eigenvalue weighted by atomic mass is 32.1. The minimum atomic E-state index is 0.646. The molecule has 0 aromatic heterocycles. The zero-order chi connectivity index (χ0) is 19.4. The first-order valence-corrected chi connectivity index (χ1v) is 8.28. The lowest BCUT2D eigenvalue weighted by molar-refractivity contribution is -0.105. The molecule has 3 rings (SSSR count). The second kappa shape index (κ2) is 11.4. The molecule has 5 nitrogen and oxygen atoms in total. The van der Waals surface area contributed by atoms with Gasteiger partial charge >= 0.3 is 0 Å². The first kappa shape index (κ1) is 20.9. The summed E-state index contributed by atoms with van der Waals surface area (Å²) in [5, 5.41) is 2.52. The lowest BCUT2D eigenvalue weighted by Crippen LogP contribution is -1.93. The predicted molar refractivity (Wildman–Crippen MR) is 114 cm³/mol. The first-order valence-electron chi connectivity index (χ1n) is 7.83. The van der Waals surface area contributed by atoms with Gasteiger partial charge in [-0.25, -0.2) is 0 Å². The fourth-order valence-corrected chi connectivity index (χ4v) is 1.92. The van der Waals surface area contributed by atoms with Crippen molar-refractivity contribution in [2.24, 2.45) is 0 Å². The summed E-state index contributed by atoms with van der Waals surface area (Å²) in [7, 11) is 0. The lowest BCUT2D eigenvalue weighted by atomic mass is 10.2. The number of hydrogen-bond donors (Lipinski definition) is 5. The van der Waals surface area contributed by atoms with Crippen LogP contribution in [0.2, 0.25) is 0 Å². The van der Waals surface area contributed by atoms with Crippen molar-refractivity contribution in [3.63, 3.8) is 0 Å². The molecule has 0 atom stereocenters. The number of rotatable bonds is 2. The largest absolute Gasteiger partial charge is 0.399 e. The normalized spacial score (nSPS) is 9.00. The number of thiol groups is 1. The van der Waals surface area contributed by atoms with Crippen molar-refractivity contribution in [2.45, 2.75) is 11.8 Å². The summed E-state index contributed by atoms with van der Waals surface area (Å²) in [5.41, 5.74) is 20.4. The Kier molecular flexibility index (Phi) is 9.20. The molecule has 0 bridgehead atoms. The highest BCUT2D eigenvalue weighted by Gasteiger charge is 1.90. The molecule has 0 aliphatic carbocycles. The van der Waals surface area contributed by atoms with Gasteiger partial charge in [-0.3, -0.25) is 4.79 Å². The van der Waals surface area contributed by atoms with Crippen LogP contribution in [0.4, 0.5) is 22.7 Å². The molecule has 6 heteroatoms. The van der Waals surface area contributed by atoms with Crippen LogP contribution in [0.1, 0.15) is 5.56 Å². The second-order valence-electron chi connectivity index (χ2n) is 5.35. The van der Waals surface area contributed by atoms with E-state index in [4.69, 9.17) is 17.2 Å². The highest BCUT2D eigenvalue weighted by molar-refractivity contribution is 7.80. The van der Waals surface area contributed by atoms with Gasteiger partial charge in [0, 0.05) is 16.3 Å². The average molecular weight is 369 g/mol. The van der Waals surface area contributed by atoms with Crippen LogP contribution in [0.5, 0.6) is 0 Å². The van der Waals surface area contributed by atoms with Crippen LogP contribution in [0.15, 0.2) is 77.7 Å². The molecule has 0 aliphatic rings. The molecule has 3 aromatic rings. The summed E-state index contributed by atoms with van der Waals surface area (Å²) in [6.07, 6.45) is 0.646. The monoisotopic (exact) mass is 368 g/mol. The van der Waals surface area contributed by atoms with Gasteiger partial charge in [0.15, 0.2) is 0 Å². The summed E-state index contributed by atoms with van der Waals surface area (Å²) in [6.45, 7) is 1.98. The highest BCUT2D eigenvalue weighted by Crippen LogP contribution is 2.14. The molecule has 0 heterocycles. The van der Waals surface area contributed by atoms with Gasteiger partial charge in [0.2, 0.25) is 6.41 Å². The predicted octanol–water partition coefficient (Wildman–Crippen LogP) is 3.97. The molecule has 0 aliphatic heterocycles. The number of nitrogen functional groups attached to an aromatic ring is 3. The van der Waals surface area contributed by atoms with Gasteiger partial charge in [0.1, 0.15) is 0 Å². The molecule has 136 valence electrons. The van der Waals surface area contributed by atoms with Gasteiger partial charge in [-0.2, -0.15) is 0 Å². The Hall–Kier alpha value is -3.12. The number of amides is 1. The summed E-state index contributed by atoms with van der Waals surface area (Å²) >= 11 is 4.08. The maximum Gasteiger partial charge on any atom is 0.211 e. The SMILES string of the molecule is Cc1ccc(N)c(N)c1.Nc1ccccc1.O=CNc1ccc(S)cc1. The van der Waals surface area contributed by atoms with E-state index in [9.17, 15) is 4.79 Å². The van der Waals surface area contributed by atoms with E-state index in [2.05, 4.69) is 17.9 Å². The van der Waals surface area contributed by atoms with Gasteiger partial charge in [-0.1, -0.05) is 24.3 Å². The van der Waals surface area contributed by atoms with Gasteiger partial charge < -0.3 is 22.5 Å². The third kappa shape index (κ3) is 8.65. The van der Waals surface area contributed by atoms with Crippen molar-refractivity contribution < 1.29 is 4.79 Å². The minimum absolute atomic E-state index is 0.646. The molecule has 0 saturated carbocycles. The van der Waals surface area contributed by atoms with Crippen molar-refractivity contribution in [1.29, 1.82) is 0 Å². The maximum atomic E-state index is 9.93. The summed E-state index contributed by atoms with van der Waals surface area (Å²) in [4.78, 5) is 10.8. The molecule has 0 unspecified atom stereocenters. The summed E-state index contributed by atoms with van der Waals surface area (Å²) in [5.74, 6) is 0. The van der Waals surface area contributed by atoms with Gasteiger partial charge in [-0.15, -0.1) is 12.6 Å². The molecule has 0 radical (unpaired) electrons. The average Bonchev–Trinajstić information content (AvgIpc) is 2.62. The Morgan fingerprint density at radius 3 is 1.88 bits per heavy atom. The number of nitrogens with one attached hydrogen (secondary N) is 1. The molecular formula is C20H24N4OS. The Morgan fingerprint density at radius 2 is 1.46 bits per heavy atom. The van der Waals surface area contributed by atoms with Crippen molar-refractivity contribution in [3.05, 3.63) is 78.4 Å². The number of carbonyl (C=O) groups excluding carboxylic acids is 1. The van der Waals surface area contributed by atoms with E-state index < -0.39 is 0 Å². The second-order valence-corrected chi connectivity index (χ2v) is 5.87. The molecule has 0 saturated heterocycles. The molecular weight excluding hydrogens is 344 g/mol. The topological polar surface area (TPSA) is 107 Å². The number of para-hydroxylation sites is 1. The fraction of sp³-hybridized carbons (Fsp3) is 0.0500. The third-order valence-electron chi connectivity index (χ3n) is 3.13. The smallest absolute Gasteiger partial charge is 0.211 e. The Balaban J connectivity index is 0.000000198. The van der Waals surface area contributed by atoms with Crippen molar-refractivity contribution in [3.8, 4) is 0 Å². The van der Waals surface area contributed by atoms with Crippen molar-refractivity contribution in [2.75, 3.05) is 22.5 Å². The van der Waals surface area contributed by atoms with Crippen molar-refractivity contribution >= 4 is 41.8 Å². The minimum Gasteiger partial charge on any atom is -0.399 e. The van der Waals surface area contributed by atoms with Crippen LogP contribution in [-0.4, -0.2) is 6.41 Å². The number of anilines is 4. The summed E-state index contributed by atoms with van der Waals surface area (Å²) < 4.78 is 0. The van der Waals surface area contributed by atoms with E-state index in [1.165, 1.54) is 0 Å². The Labute approximate surface area is 159 Å². The Bertz CT molecular complexity index is 793. The molecule has 0 spiro atoms. The third-order valence-corrected chi connectivity index (χ3v) is 3.43. The number of hydrogen-bond acceptors (Lipinski definition) is 5. The zero-order valence-electron chi connectivity index (χ0n) is 14.6. The molecule has 1 amide bonds. The van der Waals surface area contributed by atoms with Gasteiger partial charge in [0.25, 0.3) is 0 Å². The van der Waals surface area contributed by atoms with E-state index in [1.807, 2.05) is 67.6 Å². The van der Waals surface area contributed by atoms with E-state index in [1.54, 1.807) is 12.1 Å². The van der Waals surface area contributed by atoms with Crippen LogP contribution in [0.25, 0.3) is 0 Å².